The van der Waals surface area contributed by atoms with E-state index in [4.69, 9.17) is 56.8 Å². The second-order valence-corrected chi connectivity index (χ2v) is 29.3. The zero-order chi connectivity index (χ0) is 83.8. The topological polar surface area (TPSA) is 302 Å². The van der Waals surface area contributed by atoms with Gasteiger partial charge in [-0.2, -0.15) is 0 Å². The van der Waals surface area contributed by atoms with Crippen molar-refractivity contribution >= 4 is 87.7 Å². The number of rotatable bonds is 56. The molecule has 0 aliphatic heterocycles. The summed E-state index contributed by atoms with van der Waals surface area (Å²) in [5.74, 6) is -2.91. The molecule has 0 saturated heterocycles. The Hall–Kier alpha value is -10.8. The van der Waals surface area contributed by atoms with Gasteiger partial charge in [0.15, 0.2) is 0 Å². The summed E-state index contributed by atoms with van der Waals surface area (Å²) in [6.07, 6.45) is 1.33. The van der Waals surface area contributed by atoms with Gasteiger partial charge in [0.25, 0.3) is 11.8 Å². The molecule has 0 aliphatic carbocycles. The third-order valence-corrected chi connectivity index (χ3v) is 21.5. The van der Waals surface area contributed by atoms with Crippen LogP contribution in [-0.4, -0.2) is 206 Å². The van der Waals surface area contributed by atoms with Gasteiger partial charge >= 0.3 is 5.97 Å². The number of methoxy groups -OCH3 is 3. The third-order valence-electron chi connectivity index (χ3n) is 18.2. The Bertz CT molecular complexity index is 4090. The molecule has 0 spiro atoms. The van der Waals surface area contributed by atoms with Crippen LogP contribution < -0.4 is 41.4 Å². The van der Waals surface area contributed by atoms with E-state index >= 15 is 0 Å². The van der Waals surface area contributed by atoms with Gasteiger partial charge in [0, 0.05) is 56.9 Å². The van der Waals surface area contributed by atoms with Crippen molar-refractivity contribution in [2.24, 2.45) is 0 Å². The SMILES string of the molecule is COCCOCCOCCOC(=O)c1cc(NC(=O)CNC(=O)c2cc(NC(=O)CCCSC(c3ccccc3)(c3ccccc3)c3ccccc3)ccc2OCCOCCOCCOC)cc(NC(=O)CNC(=O)c2cc(NC(=O)CCCSC(c3ccccc3)(c3ccccc3)c3ccccc3)ccc2OCCOCCOCCOC)c1. The first-order chi connectivity index (χ1) is 58.3. The number of hydrogen-bond acceptors (Lipinski definition) is 21. The number of anilines is 4. The number of nitrogens with one attached hydrogen (secondary N) is 6. The van der Waals surface area contributed by atoms with Crippen LogP contribution in [-0.2, 0) is 76.0 Å². The molecule has 630 valence electrons. The van der Waals surface area contributed by atoms with Gasteiger partial charge in [0.2, 0.25) is 23.6 Å². The molecule has 119 heavy (non-hydrogen) atoms. The lowest BCUT2D eigenvalue weighted by molar-refractivity contribution is -0.117. The number of carbonyl (C=O) groups excluding carboxylic acids is 7. The molecule has 0 fully saturated rings. The van der Waals surface area contributed by atoms with Crippen LogP contribution in [0.2, 0.25) is 0 Å². The number of ether oxygens (including phenoxy) is 12. The van der Waals surface area contributed by atoms with Gasteiger partial charge in [-0.25, -0.2) is 4.79 Å². The van der Waals surface area contributed by atoms with Crippen LogP contribution in [0.15, 0.2) is 237 Å². The minimum absolute atomic E-state index is 0.00581. The number of thioether (sulfide) groups is 2. The van der Waals surface area contributed by atoms with Crippen LogP contribution in [0.25, 0.3) is 0 Å². The first kappa shape index (κ1) is 92.1. The van der Waals surface area contributed by atoms with Crippen LogP contribution in [0, 0.1) is 0 Å². The summed E-state index contributed by atoms with van der Waals surface area (Å²) in [5.41, 5.74) is 7.10. The summed E-state index contributed by atoms with van der Waals surface area (Å²) in [6, 6.07) is 75.1. The zero-order valence-electron chi connectivity index (χ0n) is 67.5. The van der Waals surface area contributed by atoms with Crippen molar-refractivity contribution in [3.8, 4) is 11.5 Å². The number of benzene rings is 9. The molecule has 25 nitrogen and oxygen atoms in total. The molecule has 9 aromatic rings. The Kier molecular flexibility index (Phi) is 40.4. The van der Waals surface area contributed by atoms with E-state index < -0.39 is 52.2 Å². The number of esters is 1. The summed E-state index contributed by atoms with van der Waals surface area (Å²) in [5, 5.41) is 16.6. The van der Waals surface area contributed by atoms with E-state index in [-0.39, 0.29) is 130 Å². The van der Waals surface area contributed by atoms with Crippen LogP contribution >= 0.6 is 23.5 Å². The molecule has 27 heteroatoms. The van der Waals surface area contributed by atoms with E-state index in [0.29, 0.717) is 88.6 Å². The Morgan fingerprint density at radius 3 is 0.899 bits per heavy atom. The second-order valence-electron chi connectivity index (χ2n) is 26.7. The molecular formula is C92H106N6O19S2. The van der Waals surface area contributed by atoms with Crippen molar-refractivity contribution in [3.05, 3.63) is 287 Å². The predicted octanol–water partition coefficient (Wildman–Crippen LogP) is 13.3. The van der Waals surface area contributed by atoms with Crippen LogP contribution in [0.5, 0.6) is 11.5 Å². The highest BCUT2D eigenvalue weighted by atomic mass is 32.2. The highest BCUT2D eigenvalue weighted by Crippen LogP contribution is 2.50. The highest BCUT2D eigenvalue weighted by Gasteiger charge is 2.38. The molecule has 0 saturated carbocycles. The Balaban J connectivity index is 0.862. The smallest absolute Gasteiger partial charge is 0.338 e. The molecule has 0 heterocycles. The second kappa shape index (κ2) is 52.2. The van der Waals surface area contributed by atoms with Crippen molar-refractivity contribution < 1.29 is 90.4 Å². The summed E-state index contributed by atoms with van der Waals surface area (Å²) >= 11 is 3.49. The van der Waals surface area contributed by atoms with Crippen LogP contribution in [0.1, 0.15) is 90.1 Å². The molecule has 0 bridgehead atoms. The Labute approximate surface area is 704 Å². The Morgan fingerprint density at radius 1 is 0.303 bits per heavy atom. The Morgan fingerprint density at radius 2 is 0.588 bits per heavy atom. The van der Waals surface area contributed by atoms with E-state index in [0.717, 1.165) is 33.4 Å². The minimum Gasteiger partial charge on any atom is -0.490 e. The van der Waals surface area contributed by atoms with Gasteiger partial charge < -0.3 is 88.7 Å². The maximum Gasteiger partial charge on any atom is 0.338 e. The summed E-state index contributed by atoms with van der Waals surface area (Å²) in [7, 11) is 4.73. The van der Waals surface area contributed by atoms with Gasteiger partial charge in [0.05, 0.1) is 138 Å². The van der Waals surface area contributed by atoms with Crippen molar-refractivity contribution in [2.45, 2.75) is 35.2 Å². The average molecular weight is 1660 g/mol. The minimum atomic E-state index is -0.844. The monoisotopic (exact) mass is 1660 g/mol. The lowest BCUT2D eigenvalue weighted by Crippen LogP contribution is -2.34. The van der Waals surface area contributed by atoms with Gasteiger partial charge in [0.1, 0.15) is 31.3 Å². The number of amides is 6. The fraction of sp³-hybridized carbons (Fsp3) is 0.337. The number of hydrogen-bond donors (Lipinski definition) is 6. The molecule has 0 aromatic heterocycles. The molecule has 6 amide bonds. The molecular weight excluding hydrogens is 1560 g/mol. The largest absolute Gasteiger partial charge is 0.490 e. The predicted molar refractivity (Wildman–Crippen MR) is 462 cm³/mol. The maximum atomic E-state index is 14.3. The lowest BCUT2D eigenvalue weighted by atomic mass is 9.84. The van der Waals surface area contributed by atoms with E-state index in [1.165, 1.54) is 30.3 Å². The fourth-order valence-electron chi connectivity index (χ4n) is 12.6. The molecule has 0 radical (unpaired) electrons. The first-order valence-electron chi connectivity index (χ1n) is 39.5. The normalized spacial score (nSPS) is 11.3. The molecule has 6 N–H and O–H groups in total. The highest BCUT2D eigenvalue weighted by molar-refractivity contribution is 8.00. The van der Waals surface area contributed by atoms with Gasteiger partial charge in [-0.1, -0.05) is 182 Å². The van der Waals surface area contributed by atoms with Crippen molar-refractivity contribution in [1.82, 2.24) is 10.6 Å². The van der Waals surface area contributed by atoms with Gasteiger partial charge in [-0.3, -0.25) is 28.8 Å². The standard InChI is InChI=1S/C92H106N6O19S2/c1-106-42-45-109-48-51-112-54-57-115-82-40-38-76(95-84(99)36-22-60-118-91(70-24-10-4-11-25-70,71-26-12-5-13-27-71)72-28-14-6-15-29-72)65-80(82)88(103)93-67-86(101)97-78-62-69(90(105)117-59-56-114-53-50-111-47-44-108-3)63-79(64-78)98-87(102)68-94-89(104)81-66-77(39-41-83(81)116-58-55-113-52-49-110-46-43-107-2)96-85(100)37-23-61-119-92(73-30-16-7-17-31-73,74-32-18-8-19-33-74)75-34-20-9-21-35-75/h4-21,24-35,38-41,62-66H,22-23,36-37,42-61,67-68H2,1-3H3,(H,93,103)(H,94,104)(H,95,99)(H,96,100)(H,97,101)(H,98,102). The van der Waals surface area contributed by atoms with Crippen molar-refractivity contribution in [3.63, 3.8) is 0 Å². The van der Waals surface area contributed by atoms with Crippen molar-refractivity contribution in [1.29, 1.82) is 0 Å². The zero-order valence-corrected chi connectivity index (χ0v) is 69.1. The first-order valence-corrected chi connectivity index (χ1v) is 41.5. The van der Waals surface area contributed by atoms with Crippen LogP contribution in [0.4, 0.5) is 22.7 Å². The van der Waals surface area contributed by atoms with Gasteiger partial charge in [-0.05, 0) is 112 Å². The van der Waals surface area contributed by atoms with E-state index in [9.17, 15) is 33.6 Å². The van der Waals surface area contributed by atoms with Crippen LogP contribution in [0.3, 0.4) is 0 Å². The summed E-state index contributed by atoms with van der Waals surface area (Å²) < 4.78 is 65.1. The van der Waals surface area contributed by atoms with E-state index in [1.54, 1.807) is 69.1 Å². The van der Waals surface area contributed by atoms with E-state index in [2.05, 4.69) is 105 Å². The maximum absolute atomic E-state index is 14.3. The molecule has 0 unspecified atom stereocenters. The van der Waals surface area contributed by atoms with Crippen molar-refractivity contribution in [2.75, 3.05) is 186 Å². The van der Waals surface area contributed by atoms with Gasteiger partial charge in [-0.15, -0.1) is 23.5 Å². The fourth-order valence-corrected chi connectivity index (χ4v) is 15.6. The van der Waals surface area contributed by atoms with E-state index in [1.807, 2.05) is 109 Å². The molecule has 9 aromatic carbocycles. The quantitative estimate of drug-likeness (QED) is 0.0117. The summed E-state index contributed by atoms with van der Waals surface area (Å²) in [6.45, 7) is 3.09. The third kappa shape index (κ3) is 30.2. The molecule has 0 aliphatic rings. The summed E-state index contributed by atoms with van der Waals surface area (Å²) in [4.78, 5) is 98.2. The molecule has 0 atom stereocenters. The average Bonchev–Trinajstić information content (AvgIpc) is 0.762. The molecule has 9 rings (SSSR count). The lowest BCUT2D eigenvalue weighted by Gasteiger charge is -2.35. The number of carbonyl (C=O) groups is 7.